The van der Waals surface area contributed by atoms with E-state index in [1.54, 1.807) is 24.3 Å². The fourth-order valence-electron chi connectivity index (χ4n) is 6.97. The number of phenols is 1. The van der Waals surface area contributed by atoms with E-state index >= 15 is 0 Å². The first kappa shape index (κ1) is 52.2. The summed E-state index contributed by atoms with van der Waals surface area (Å²) in [5.74, 6) is -1.03. The number of ether oxygens (including phenoxy) is 2. The summed E-state index contributed by atoms with van der Waals surface area (Å²) in [4.78, 5) is 8.44. The zero-order chi connectivity index (χ0) is 52.2. The number of aromatic hydroxyl groups is 1. The number of carbonyl (C=O) groups is 1. The molecule has 6 N–H and O–H groups in total. The minimum atomic E-state index is -5.25. The fraction of sp³-hybridized carbons (Fsp3) is 0.133. The number of nitrogens with one attached hydrogen (secondary N) is 1. The third kappa shape index (κ3) is 12.1. The van der Waals surface area contributed by atoms with Gasteiger partial charge in [0.15, 0.2) is 5.75 Å². The van der Waals surface area contributed by atoms with E-state index in [9.17, 15) is 61.8 Å². The number of rotatable bonds is 19. The molecular weight excluding hydrogens is 1020 g/mol. The number of anilines is 1. The standard InChI is InChI=1S/C45H39N7O16S4/c1-3-5-18-46-40-25-33-26(21-41(40)71(61,62)63)22-42(72(64,65)66)44(45(33)54)52-51-39-17-15-37(32-13-11-30(24-35(32)39)70(58,59)60)49-50-38-16-14-36(31-12-10-29(23-34(31)38)69(55,56)57)48-47-27-6-8-28(9-7-27)67-19-20-68-43(53)4-2/h4,6-17,21-25,46,54H,2-3,5,18-20H2,1H3,(H,55,56,57)(H,58,59,60)(H,61,62,63)(H,64,65,66). The number of unbranched alkanes of at least 4 members (excludes halogenated alkanes) is 1. The lowest BCUT2D eigenvalue weighted by Crippen LogP contribution is -2.09. The number of benzene rings is 7. The van der Waals surface area contributed by atoms with E-state index < -0.39 is 77.5 Å². The summed E-state index contributed by atoms with van der Waals surface area (Å²) in [6.07, 6.45) is 2.32. The number of fused-ring (bicyclic) bond motifs is 3. The molecule has 0 aromatic heterocycles. The van der Waals surface area contributed by atoms with Crippen molar-refractivity contribution in [1.82, 2.24) is 0 Å². The van der Waals surface area contributed by atoms with E-state index in [0.29, 0.717) is 29.7 Å². The first-order chi connectivity index (χ1) is 34.0. The van der Waals surface area contributed by atoms with E-state index in [1.807, 2.05) is 6.92 Å². The Morgan fingerprint density at radius 3 is 1.58 bits per heavy atom. The average Bonchev–Trinajstić information content (AvgIpc) is 3.32. The Kier molecular flexibility index (Phi) is 15.2. The lowest BCUT2D eigenvalue weighted by molar-refractivity contribution is -0.138. The number of azo groups is 3. The summed E-state index contributed by atoms with van der Waals surface area (Å²) < 4.78 is 150. The van der Waals surface area contributed by atoms with Gasteiger partial charge in [0.25, 0.3) is 40.5 Å². The molecule has 0 saturated heterocycles. The lowest BCUT2D eigenvalue weighted by Gasteiger charge is -2.14. The number of carbonyl (C=O) groups excluding carboxylic acids is 1. The van der Waals surface area contributed by atoms with E-state index in [2.05, 4.69) is 42.6 Å². The smallest absolute Gasteiger partial charge is 0.330 e. The van der Waals surface area contributed by atoms with Gasteiger partial charge in [0.2, 0.25) is 0 Å². The van der Waals surface area contributed by atoms with Crippen LogP contribution in [-0.2, 0) is 50.0 Å². The Morgan fingerprint density at radius 2 is 1.08 bits per heavy atom. The topological polar surface area (TPSA) is 359 Å². The van der Waals surface area contributed by atoms with Crippen LogP contribution in [0.2, 0.25) is 0 Å². The maximum atomic E-state index is 12.7. The molecule has 0 unspecified atom stereocenters. The summed E-state index contributed by atoms with van der Waals surface area (Å²) >= 11 is 0. The predicted octanol–water partition coefficient (Wildman–Crippen LogP) is 10.4. The van der Waals surface area contributed by atoms with Crippen molar-refractivity contribution >= 4 is 119 Å². The van der Waals surface area contributed by atoms with Crippen LogP contribution in [0.4, 0.5) is 39.8 Å². The second-order valence-corrected chi connectivity index (χ2v) is 20.9. The van der Waals surface area contributed by atoms with Gasteiger partial charge in [-0.1, -0.05) is 32.1 Å². The third-order valence-corrected chi connectivity index (χ3v) is 13.9. The number of hydrogen-bond donors (Lipinski definition) is 6. The molecule has 72 heavy (non-hydrogen) atoms. The van der Waals surface area contributed by atoms with Gasteiger partial charge in [-0.3, -0.25) is 18.2 Å². The molecule has 0 fully saturated rings. The van der Waals surface area contributed by atoms with Crippen LogP contribution in [0.1, 0.15) is 19.8 Å². The Labute approximate surface area is 410 Å². The summed E-state index contributed by atoms with van der Waals surface area (Å²) in [5.41, 5.74) is -0.446. The summed E-state index contributed by atoms with van der Waals surface area (Å²) in [6.45, 7) is 5.52. The molecule has 7 aromatic carbocycles. The molecule has 23 nitrogen and oxygen atoms in total. The van der Waals surface area contributed by atoms with Crippen LogP contribution in [0, 0.1) is 0 Å². The molecule has 0 aliphatic carbocycles. The molecule has 0 bridgehead atoms. The predicted molar refractivity (Wildman–Crippen MR) is 262 cm³/mol. The monoisotopic (exact) mass is 1060 g/mol. The molecule has 0 amide bonds. The SMILES string of the molecule is C=CC(=O)OCCOc1ccc(N=Nc2ccc(N=Nc3ccc(N=Nc4c(S(=O)(=O)O)cc5cc(S(=O)(=O)O)c(NCCCC)cc5c4O)c4cc(S(=O)(=O)O)ccc34)c3cc(S(=O)(=O)O)ccc23)cc1. The Bertz CT molecular complexity index is 3890. The van der Waals surface area contributed by atoms with Crippen molar-refractivity contribution in [2.45, 2.75) is 39.3 Å². The molecule has 0 spiro atoms. The normalized spacial score (nSPS) is 12.7. The maximum Gasteiger partial charge on any atom is 0.330 e. The van der Waals surface area contributed by atoms with Crippen molar-refractivity contribution in [2.75, 3.05) is 25.1 Å². The van der Waals surface area contributed by atoms with Crippen LogP contribution in [0.25, 0.3) is 32.3 Å². The molecule has 0 aliphatic heterocycles. The number of esters is 1. The largest absolute Gasteiger partial charge is 0.505 e. The van der Waals surface area contributed by atoms with Gasteiger partial charge in [-0.15, -0.1) is 25.6 Å². The van der Waals surface area contributed by atoms with Gasteiger partial charge in [-0.2, -0.15) is 38.8 Å². The van der Waals surface area contributed by atoms with E-state index in [1.165, 1.54) is 36.4 Å². The van der Waals surface area contributed by atoms with Gasteiger partial charge in [-0.25, -0.2) is 4.79 Å². The van der Waals surface area contributed by atoms with Crippen molar-refractivity contribution in [3.63, 3.8) is 0 Å². The highest BCUT2D eigenvalue weighted by atomic mass is 32.2. The van der Waals surface area contributed by atoms with Crippen molar-refractivity contribution in [3.8, 4) is 11.5 Å². The molecule has 27 heteroatoms. The van der Waals surface area contributed by atoms with Gasteiger partial charge in [-0.05, 0) is 103 Å². The van der Waals surface area contributed by atoms with Crippen LogP contribution in [0.15, 0.2) is 166 Å². The highest BCUT2D eigenvalue weighted by Crippen LogP contribution is 2.45. The van der Waals surface area contributed by atoms with E-state index in [4.69, 9.17) is 9.47 Å². The number of phenolic OH excluding ortho intramolecular Hbond substituents is 1. The first-order valence-corrected chi connectivity index (χ1v) is 26.6. The second-order valence-electron chi connectivity index (χ2n) is 15.3. The number of hydrogen-bond acceptors (Lipinski definition) is 19. The van der Waals surface area contributed by atoms with Crippen molar-refractivity contribution < 1.29 is 71.3 Å². The summed E-state index contributed by atoms with van der Waals surface area (Å²) in [7, 11) is -19.7. The summed E-state index contributed by atoms with van der Waals surface area (Å²) in [5, 5.41) is 39.7. The molecular formula is C45H39N7O16S4. The van der Waals surface area contributed by atoms with E-state index in [-0.39, 0.29) is 75.1 Å². The Balaban J connectivity index is 1.28. The molecule has 0 aliphatic rings. The fourth-order valence-corrected chi connectivity index (χ4v) is 9.33. The van der Waals surface area contributed by atoms with E-state index in [0.717, 1.165) is 48.5 Å². The molecule has 0 heterocycles. The van der Waals surface area contributed by atoms with Crippen LogP contribution < -0.4 is 10.1 Å². The average molecular weight is 1060 g/mol. The second kappa shape index (κ2) is 21.0. The van der Waals surface area contributed by atoms with Crippen LogP contribution in [-0.4, -0.2) is 82.7 Å². The van der Waals surface area contributed by atoms with Gasteiger partial charge >= 0.3 is 5.97 Å². The van der Waals surface area contributed by atoms with Crippen LogP contribution in [0.5, 0.6) is 11.5 Å². The minimum Gasteiger partial charge on any atom is -0.505 e. The zero-order valence-electron chi connectivity index (χ0n) is 37.2. The zero-order valence-corrected chi connectivity index (χ0v) is 40.4. The quantitative estimate of drug-likeness (QED) is 0.0144. The number of nitrogens with zero attached hydrogens (tertiary/aromatic N) is 6. The van der Waals surface area contributed by atoms with Crippen molar-refractivity contribution in [2.24, 2.45) is 30.7 Å². The van der Waals surface area contributed by atoms with Gasteiger partial charge < -0.3 is 19.9 Å². The molecule has 7 rings (SSSR count). The van der Waals surface area contributed by atoms with Crippen molar-refractivity contribution in [3.05, 3.63) is 116 Å². The molecule has 0 saturated carbocycles. The Hall–Kier alpha value is -7.63. The highest BCUT2D eigenvalue weighted by molar-refractivity contribution is 7.86. The van der Waals surface area contributed by atoms with Gasteiger partial charge in [0.05, 0.1) is 43.9 Å². The maximum absolute atomic E-state index is 12.7. The third-order valence-electron chi connectivity index (χ3n) is 10.4. The minimum absolute atomic E-state index is 0.00175. The Morgan fingerprint density at radius 1 is 0.583 bits per heavy atom. The first-order valence-electron chi connectivity index (χ1n) is 20.8. The highest BCUT2D eigenvalue weighted by Gasteiger charge is 2.26. The van der Waals surface area contributed by atoms with Gasteiger partial charge in [0.1, 0.15) is 34.4 Å². The molecule has 0 atom stereocenters. The lowest BCUT2D eigenvalue weighted by atomic mass is 10.1. The van der Waals surface area contributed by atoms with Crippen LogP contribution in [0.3, 0.4) is 0 Å². The summed E-state index contributed by atoms with van der Waals surface area (Å²) in [6, 6.07) is 21.7. The van der Waals surface area contributed by atoms with Crippen LogP contribution >= 0.6 is 0 Å². The molecule has 7 aromatic rings. The van der Waals surface area contributed by atoms with Gasteiger partial charge in [0, 0.05) is 39.6 Å². The van der Waals surface area contributed by atoms with Crippen molar-refractivity contribution in [1.29, 1.82) is 0 Å². The molecule has 0 radical (unpaired) electrons. The molecule has 374 valence electrons.